The van der Waals surface area contributed by atoms with Crippen molar-refractivity contribution < 1.29 is 0 Å². The lowest BCUT2D eigenvalue weighted by Gasteiger charge is -2.17. The van der Waals surface area contributed by atoms with Crippen LogP contribution in [0.1, 0.15) is 33.4 Å². The van der Waals surface area contributed by atoms with Gasteiger partial charge in [-0.2, -0.15) is 0 Å². The minimum absolute atomic E-state index is 1.15. The Labute approximate surface area is 680 Å². The second-order valence-corrected chi connectivity index (χ2v) is 33.4. The van der Waals surface area contributed by atoms with E-state index in [9.17, 15) is 0 Å². The van der Waals surface area contributed by atoms with E-state index in [1.165, 1.54) is 269 Å². The molecule has 0 aliphatic carbocycles. The van der Waals surface area contributed by atoms with Crippen LogP contribution in [0.25, 0.3) is 253 Å². The summed E-state index contributed by atoms with van der Waals surface area (Å²) in [7, 11) is 0. The summed E-state index contributed by atoms with van der Waals surface area (Å²) in [5, 5.41) is 20.2. The zero-order valence-corrected chi connectivity index (χ0v) is 66.1. The molecule has 0 atom stereocenters. The summed E-state index contributed by atoms with van der Waals surface area (Å²) in [5.74, 6) is 0. The van der Waals surface area contributed by atoms with Gasteiger partial charge in [-0.05, 0) is 177 Å². The Morgan fingerprint density at radius 1 is 0.136 bits per heavy atom. The SMILES string of the molecule is Cc1ccccc1-c1ccc2c3c(-c4ccc(-c5ccc(-c6c7c8ccc(-c9c(C)cccc9C)c9c%10ccccc%10n(c7c(-c7ccccc7)c7c%10ccc(-c%11c(C)cccc%11C)c%11c%12ccccc%12n(c67)c%10%11)c89)cc5)cc4)c4c(c(-c5ccccc5)c3n3c5ccccc5c1c23)c1ccc(-c2ccccc2C)c2c3ccccc3n4c12. The van der Waals surface area contributed by atoms with Gasteiger partial charge in [-0.15, -0.1) is 0 Å². The Balaban J connectivity index is 0.760. The van der Waals surface area contributed by atoms with Crippen molar-refractivity contribution in [2.24, 2.45) is 0 Å². The van der Waals surface area contributed by atoms with Gasteiger partial charge < -0.3 is 17.6 Å². The van der Waals surface area contributed by atoms with Gasteiger partial charge in [0.2, 0.25) is 0 Å². The number of hydrogen-bond donors (Lipinski definition) is 0. The quantitative estimate of drug-likeness (QED) is 0.137. The summed E-state index contributed by atoms with van der Waals surface area (Å²) in [6.07, 6.45) is 0. The summed E-state index contributed by atoms with van der Waals surface area (Å²) in [5.41, 5.74) is 44.4. The molecule has 26 aromatic rings. The number of aromatic nitrogens is 4. The monoisotopic (exact) mass is 1500 g/mol. The third-order valence-electron chi connectivity index (χ3n) is 27.3. The number of fused-ring (bicyclic) bond motifs is 24. The number of hydrogen-bond acceptors (Lipinski definition) is 0. The Kier molecular flexibility index (Phi) is 13.3. The molecule has 8 heterocycles. The van der Waals surface area contributed by atoms with Crippen LogP contribution in [0.5, 0.6) is 0 Å². The number of aryl methyl sites for hydroxylation is 6. The molecular weight excluding hydrogens is 1430 g/mol. The summed E-state index contributed by atoms with van der Waals surface area (Å²) in [6.45, 7) is 13.6. The molecule has 0 amide bonds. The molecule has 0 aliphatic rings. The third kappa shape index (κ3) is 8.42. The first kappa shape index (κ1) is 65.5. The van der Waals surface area contributed by atoms with Gasteiger partial charge in [0.25, 0.3) is 0 Å². The lowest BCUT2D eigenvalue weighted by molar-refractivity contribution is 1.36. The van der Waals surface area contributed by atoms with Gasteiger partial charge in [0.1, 0.15) is 0 Å². The highest BCUT2D eigenvalue weighted by Crippen LogP contribution is 2.60. The van der Waals surface area contributed by atoms with Crippen LogP contribution in [0, 0.1) is 41.5 Å². The maximum Gasteiger partial charge on any atom is 0.0634 e. The van der Waals surface area contributed by atoms with Crippen LogP contribution < -0.4 is 0 Å². The predicted octanol–water partition coefficient (Wildman–Crippen LogP) is 31.1. The van der Waals surface area contributed by atoms with Crippen LogP contribution in [0.15, 0.2) is 340 Å². The zero-order chi connectivity index (χ0) is 77.9. The smallest absolute Gasteiger partial charge is 0.0634 e. The van der Waals surface area contributed by atoms with Crippen molar-refractivity contribution in [1.29, 1.82) is 0 Å². The number of nitrogens with zero attached hydrogens (tertiary/aromatic N) is 4. The van der Waals surface area contributed by atoms with Crippen molar-refractivity contribution in [3.8, 4) is 100 Å². The first-order valence-corrected chi connectivity index (χ1v) is 41.5. The summed E-state index contributed by atoms with van der Waals surface area (Å²) < 4.78 is 10.7. The molecule has 4 nitrogen and oxygen atoms in total. The average molecular weight is 1500 g/mol. The van der Waals surface area contributed by atoms with Gasteiger partial charge in [0, 0.05) is 108 Å². The summed E-state index contributed by atoms with van der Waals surface area (Å²) in [6, 6.07) is 130. The van der Waals surface area contributed by atoms with E-state index >= 15 is 0 Å². The molecule has 0 aliphatic heterocycles. The first-order valence-electron chi connectivity index (χ1n) is 41.5. The van der Waals surface area contributed by atoms with E-state index in [0.29, 0.717) is 0 Å². The van der Waals surface area contributed by atoms with Crippen LogP contribution in [0.4, 0.5) is 0 Å². The number of rotatable bonds is 9. The van der Waals surface area contributed by atoms with Crippen molar-refractivity contribution in [3.63, 3.8) is 0 Å². The predicted molar refractivity (Wildman–Crippen MR) is 502 cm³/mol. The maximum atomic E-state index is 2.68. The highest BCUT2D eigenvalue weighted by molar-refractivity contribution is 6.42. The van der Waals surface area contributed by atoms with Crippen molar-refractivity contribution in [2.45, 2.75) is 41.5 Å². The molecule has 0 N–H and O–H groups in total. The molecule has 0 saturated heterocycles. The van der Waals surface area contributed by atoms with Gasteiger partial charge in [-0.1, -0.05) is 315 Å². The van der Waals surface area contributed by atoms with Gasteiger partial charge in [0.15, 0.2) is 0 Å². The molecule has 8 aromatic heterocycles. The number of benzene rings is 18. The minimum atomic E-state index is 1.15. The van der Waals surface area contributed by atoms with Crippen LogP contribution in [0.3, 0.4) is 0 Å². The Morgan fingerprint density at radius 3 is 0.678 bits per heavy atom. The van der Waals surface area contributed by atoms with E-state index in [1.807, 2.05) is 0 Å². The second kappa shape index (κ2) is 23.9. The standard InChI is InChI=1S/C114H74N4/c1-63-27-13-15-37-75(63)77-55-59-85-103-95(71-33-9-7-10-34-71)111-105(86-60-56-78(76-38-16-14-28-64(76)2)100-79-39-17-21-43-89(79)115(111)108(86)100)97(113(103)116-90-44-22-18-40-80(90)99(77)107(85)116)73-51-47-69(48-52-73)70-49-53-74(54-50-70)98-106-88-62-58-84(94-67(5)31-26-32-68(94)6)102-81-41-19-23-45-91(81)117(110(88)102)112(106)96(72-35-11-8-12-36-72)104-87-61-57-83(93-65(3)29-25-30-66(93)4)101-82-42-20-24-46-92(82)118(109(87)101)114(98)104/h7-62H,1-6H3. The van der Waals surface area contributed by atoms with Gasteiger partial charge in [-0.3, -0.25) is 0 Å². The van der Waals surface area contributed by atoms with Gasteiger partial charge in [0.05, 0.1) is 66.2 Å². The highest BCUT2D eigenvalue weighted by Gasteiger charge is 2.36. The maximum absolute atomic E-state index is 2.68. The average Bonchev–Trinajstić information content (AvgIpc) is 1.49. The molecule has 4 heteroatoms. The fraction of sp³-hybridized carbons (Fsp3) is 0.0526. The Bertz CT molecular complexity index is 8670. The van der Waals surface area contributed by atoms with Gasteiger partial charge >= 0.3 is 0 Å². The van der Waals surface area contributed by atoms with E-state index < -0.39 is 0 Å². The Hall–Kier alpha value is -14.8. The minimum Gasteiger partial charge on any atom is -0.307 e. The normalized spacial score (nSPS) is 12.5. The number of para-hydroxylation sites is 4. The zero-order valence-electron chi connectivity index (χ0n) is 66.1. The van der Waals surface area contributed by atoms with Crippen LogP contribution in [-0.2, 0) is 0 Å². The third-order valence-corrected chi connectivity index (χ3v) is 27.3. The Morgan fingerprint density at radius 2 is 0.373 bits per heavy atom. The molecule has 0 saturated carbocycles. The lowest BCUT2D eigenvalue weighted by atomic mass is 9.87. The van der Waals surface area contributed by atoms with Crippen molar-refractivity contribution in [3.05, 3.63) is 373 Å². The largest absolute Gasteiger partial charge is 0.307 e. The summed E-state index contributed by atoms with van der Waals surface area (Å²) >= 11 is 0. The molecule has 0 bridgehead atoms. The lowest BCUT2D eigenvalue weighted by Crippen LogP contribution is -1.94. The van der Waals surface area contributed by atoms with E-state index in [4.69, 9.17) is 0 Å². The topological polar surface area (TPSA) is 17.6 Å². The molecule has 18 aromatic carbocycles. The molecule has 0 radical (unpaired) electrons. The second-order valence-electron chi connectivity index (χ2n) is 33.4. The molecule has 118 heavy (non-hydrogen) atoms. The van der Waals surface area contributed by atoms with E-state index in [2.05, 4.69) is 399 Å². The fourth-order valence-corrected chi connectivity index (χ4v) is 22.6. The van der Waals surface area contributed by atoms with Crippen LogP contribution in [-0.4, -0.2) is 17.6 Å². The fourth-order valence-electron chi connectivity index (χ4n) is 22.6. The molecule has 550 valence electrons. The van der Waals surface area contributed by atoms with Crippen molar-refractivity contribution in [2.75, 3.05) is 0 Å². The molecule has 0 fully saturated rings. The van der Waals surface area contributed by atoms with Crippen molar-refractivity contribution >= 4 is 152 Å². The first-order chi connectivity index (χ1) is 58.2. The highest BCUT2D eigenvalue weighted by atomic mass is 15.0. The molecular formula is C114H74N4. The van der Waals surface area contributed by atoms with E-state index in [-0.39, 0.29) is 0 Å². The van der Waals surface area contributed by atoms with Crippen LogP contribution >= 0.6 is 0 Å². The van der Waals surface area contributed by atoms with E-state index in [1.54, 1.807) is 0 Å². The molecule has 26 rings (SSSR count). The molecule has 0 unspecified atom stereocenters. The van der Waals surface area contributed by atoms with Gasteiger partial charge in [-0.25, -0.2) is 0 Å². The van der Waals surface area contributed by atoms with Crippen molar-refractivity contribution in [1.82, 2.24) is 17.6 Å². The summed E-state index contributed by atoms with van der Waals surface area (Å²) in [4.78, 5) is 0. The van der Waals surface area contributed by atoms with Crippen LogP contribution in [0.2, 0.25) is 0 Å². The van der Waals surface area contributed by atoms with E-state index in [0.717, 1.165) is 16.7 Å². The molecule has 0 spiro atoms.